The minimum absolute atomic E-state index is 0.00349. The van der Waals surface area contributed by atoms with Gasteiger partial charge < -0.3 is 24.6 Å². The molecule has 1 N–H and O–H groups in total. The Morgan fingerprint density at radius 3 is 2.78 bits per heavy atom. The highest BCUT2D eigenvalue weighted by Crippen LogP contribution is 2.46. The molecular formula is C25H34F4N4O3. The number of nitrogens with zero attached hydrogens (tertiary/aromatic N) is 3. The van der Waals surface area contributed by atoms with E-state index in [1.54, 1.807) is 12.0 Å². The maximum absolute atomic E-state index is 14.7. The third-order valence-corrected chi connectivity index (χ3v) is 8.75. The van der Waals surface area contributed by atoms with Crippen LogP contribution in [0.25, 0.3) is 0 Å². The van der Waals surface area contributed by atoms with Crippen LogP contribution in [0.4, 0.5) is 23.4 Å². The predicted octanol–water partition coefficient (Wildman–Crippen LogP) is 3.37. The van der Waals surface area contributed by atoms with Crippen LogP contribution in [0, 0.1) is 11.2 Å². The summed E-state index contributed by atoms with van der Waals surface area (Å²) in [5.74, 6) is -1.49. The number of alkyl halides is 3. The number of nitrogens with one attached hydrogen (secondary N) is 1. The molecule has 6 atom stereocenters. The number of fused-ring (bicyclic) bond motifs is 2. The van der Waals surface area contributed by atoms with Gasteiger partial charge in [-0.3, -0.25) is 4.79 Å². The van der Waals surface area contributed by atoms with Crippen molar-refractivity contribution in [1.82, 2.24) is 15.2 Å². The van der Waals surface area contributed by atoms with Crippen LogP contribution in [-0.4, -0.2) is 79.5 Å². The van der Waals surface area contributed by atoms with Crippen LogP contribution in [0.1, 0.15) is 51.0 Å². The molecule has 0 radical (unpaired) electrons. The quantitative estimate of drug-likeness (QED) is 0.588. The molecule has 11 heteroatoms. The van der Waals surface area contributed by atoms with Gasteiger partial charge in [0.1, 0.15) is 0 Å². The maximum Gasteiger partial charge on any atom is 0.419 e. The summed E-state index contributed by atoms with van der Waals surface area (Å²) in [6.45, 7) is 3.98. The predicted molar refractivity (Wildman–Crippen MR) is 124 cm³/mol. The third kappa shape index (κ3) is 4.47. The fraction of sp³-hybridized carbons (Fsp3) is 0.760. The lowest BCUT2D eigenvalue weighted by Gasteiger charge is -2.40. The highest BCUT2D eigenvalue weighted by atomic mass is 19.4. The van der Waals surface area contributed by atoms with Gasteiger partial charge in [0, 0.05) is 45.1 Å². The van der Waals surface area contributed by atoms with E-state index in [1.807, 2.05) is 4.90 Å². The zero-order valence-corrected chi connectivity index (χ0v) is 20.7. The molecule has 2 bridgehead atoms. The highest BCUT2D eigenvalue weighted by Gasteiger charge is 2.53. The third-order valence-electron chi connectivity index (χ3n) is 8.75. The van der Waals surface area contributed by atoms with Crippen molar-refractivity contribution >= 4 is 11.7 Å². The van der Waals surface area contributed by atoms with Crippen molar-refractivity contribution in [2.24, 2.45) is 5.41 Å². The SMILES string of the molecule is CC[C@]1(C(=O)N2C[C@@H]3C[C@H]2CN3c2nccc(C(F)(F)F)c2F)CC[C@@H](N[C@H]2CCOC[C@H]2OC)C1. The van der Waals surface area contributed by atoms with Gasteiger partial charge >= 0.3 is 6.18 Å². The summed E-state index contributed by atoms with van der Waals surface area (Å²) in [4.78, 5) is 21.3. The number of pyridine rings is 1. The van der Waals surface area contributed by atoms with Crippen LogP contribution in [0.15, 0.2) is 12.3 Å². The minimum atomic E-state index is -4.78. The lowest BCUT2D eigenvalue weighted by Crippen LogP contribution is -2.54. The summed E-state index contributed by atoms with van der Waals surface area (Å²) in [5.41, 5.74) is -1.77. The second-order valence-electron chi connectivity index (χ2n) is 10.6. The summed E-state index contributed by atoms with van der Waals surface area (Å²) in [5, 5.41) is 3.71. The summed E-state index contributed by atoms with van der Waals surface area (Å²) in [7, 11) is 1.69. The number of aromatic nitrogens is 1. The number of piperazine rings is 1. The molecule has 5 rings (SSSR count). The number of hydrogen-bond acceptors (Lipinski definition) is 6. The number of likely N-dealkylation sites (tertiary alicyclic amines) is 1. The molecule has 1 amide bonds. The van der Waals surface area contributed by atoms with Crippen molar-refractivity contribution in [3.8, 4) is 0 Å². The standard InChI is InChI=1S/C25H34F4N4O3/c1-3-24(7-4-15(11-24)31-19-6-9-36-14-20(19)35-2)23(34)33-13-16-10-17(33)12-32(16)22-21(26)18(5-8-30-22)25(27,28)29/h5,8,15-17,19-20,31H,3-4,6-7,9-14H2,1-2H3/t15-,16+,17+,19+,20-,24+/m1/s1. The molecule has 1 saturated carbocycles. The van der Waals surface area contributed by atoms with Crippen LogP contribution >= 0.6 is 0 Å². The summed E-state index contributed by atoms with van der Waals surface area (Å²) in [6, 6.07) is 0.686. The fourth-order valence-electron chi connectivity index (χ4n) is 6.70. The van der Waals surface area contributed by atoms with Crippen LogP contribution in [0.5, 0.6) is 0 Å². The first kappa shape index (κ1) is 25.7. The molecule has 0 spiro atoms. The van der Waals surface area contributed by atoms with E-state index >= 15 is 0 Å². The molecule has 4 aliphatic rings. The molecule has 0 aromatic carbocycles. The number of rotatable bonds is 6. The van der Waals surface area contributed by atoms with Gasteiger partial charge in [-0.1, -0.05) is 6.92 Å². The Hall–Kier alpha value is -1.98. The molecule has 200 valence electrons. The van der Waals surface area contributed by atoms with E-state index in [0.717, 1.165) is 38.3 Å². The molecule has 0 unspecified atom stereocenters. The molecule has 1 aromatic rings. The molecule has 36 heavy (non-hydrogen) atoms. The average molecular weight is 515 g/mol. The largest absolute Gasteiger partial charge is 0.419 e. The van der Waals surface area contributed by atoms with Crippen molar-refractivity contribution in [3.05, 3.63) is 23.6 Å². The van der Waals surface area contributed by atoms with E-state index in [4.69, 9.17) is 9.47 Å². The fourth-order valence-corrected chi connectivity index (χ4v) is 6.70. The number of ether oxygens (including phenoxy) is 2. The molecular weight excluding hydrogens is 480 g/mol. The number of methoxy groups -OCH3 is 1. The topological polar surface area (TPSA) is 66.9 Å². The van der Waals surface area contributed by atoms with Gasteiger partial charge in [-0.25, -0.2) is 9.37 Å². The summed E-state index contributed by atoms with van der Waals surface area (Å²) >= 11 is 0. The van der Waals surface area contributed by atoms with Crippen LogP contribution in [0.2, 0.25) is 0 Å². The molecule has 1 aromatic heterocycles. The van der Waals surface area contributed by atoms with E-state index in [0.29, 0.717) is 38.8 Å². The first-order valence-electron chi connectivity index (χ1n) is 12.8. The van der Waals surface area contributed by atoms with Gasteiger partial charge in [-0.15, -0.1) is 0 Å². The van der Waals surface area contributed by atoms with Crippen molar-refractivity contribution in [2.45, 2.75) is 81.9 Å². The first-order valence-corrected chi connectivity index (χ1v) is 12.8. The second kappa shape index (κ2) is 9.72. The average Bonchev–Trinajstić information content (AvgIpc) is 3.58. The summed E-state index contributed by atoms with van der Waals surface area (Å²) in [6.07, 6.45) is 0.873. The molecule has 3 aliphatic heterocycles. The van der Waals surface area contributed by atoms with E-state index in [-0.39, 0.29) is 42.0 Å². The Morgan fingerprint density at radius 1 is 1.31 bits per heavy atom. The Balaban J connectivity index is 1.25. The Morgan fingerprint density at radius 2 is 2.11 bits per heavy atom. The molecule has 1 aliphatic carbocycles. The molecule has 4 fully saturated rings. The second-order valence-corrected chi connectivity index (χ2v) is 10.6. The number of carbonyl (C=O) groups is 1. The van der Waals surface area contributed by atoms with Crippen LogP contribution in [0.3, 0.4) is 0 Å². The molecule has 3 saturated heterocycles. The number of amides is 1. The van der Waals surface area contributed by atoms with Crippen molar-refractivity contribution in [3.63, 3.8) is 0 Å². The lowest BCUT2D eigenvalue weighted by atomic mass is 9.81. The molecule has 4 heterocycles. The van der Waals surface area contributed by atoms with E-state index in [2.05, 4.69) is 17.2 Å². The van der Waals surface area contributed by atoms with Gasteiger partial charge in [-0.2, -0.15) is 13.2 Å². The van der Waals surface area contributed by atoms with Gasteiger partial charge in [0.2, 0.25) is 5.91 Å². The Labute approximate surface area is 208 Å². The summed E-state index contributed by atoms with van der Waals surface area (Å²) < 4.78 is 65.4. The minimum Gasteiger partial charge on any atom is -0.379 e. The van der Waals surface area contributed by atoms with E-state index in [1.165, 1.54) is 0 Å². The van der Waals surface area contributed by atoms with Crippen LogP contribution in [-0.2, 0) is 20.4 Å². The Kier molecular flexibility index (Phi) is 6.93. The van der Waals surface area contributed by atoms with Crippen LogP contribution < -0.4 is 10.2 Å². The lowest BCUT2D eigenvalue weighted by molar-refractivity contribution is -0.143. The smallest absolute Gasteiger partial charge is 0.379 e. The van der Waals surface area contributed by atoms with Crippen molar-refractivity contribution in [2.75, 3.05) is 38.3 Å². The number of carbonyl (C=O) groups excluding carboxylic acids is 1. The van der Waals surface area contributed by atoms with E-state index in [9.17, 15) is 22.4 Å². The zero-order valence-electron chi connectivity index (χ0n) is 20.7. The van der Waals surface area contributed by atoms with Crippen molar-refractivity contribution in [1.29, 1.82) is 0 Å². The number of hydrogen-bond donors (Lipinski definition) is 1. The first-order chi connectivity index (χ1) is 17.2. The normalized spacial score (nSPS) is 34.6. The van der Waals surface area contributed by atoms with Gasteiger partial charge in [0.25, 0.3) is 0 Å². The number of anilines is 1. The zero-order chi connectivity index (χ0) is 25.7. The number of halogens is 4. The Bertz CT molecular complexity index is 979. The van der Waals surface area contributed by atoms with Crippen molar-refractivity contribution < 1.29 is 31.8 Å². The van der Waals surface area contributed by atoms with Gasteiger partial charge in [0.15, 0.2) is 11.6 Å². The maximum atomic E-state index is 14.7. The molecule has 7 nitrogen and oxygen atoms in total. The highest BCUT2D eigenvalue weighted by molar-refractivity contribution is 5.84. The van der Waals surface area contributed by atoms with Gasteiger partial charge in [-0.05, 0) is 44.6 Å². The van der Waals surface area contributed by atoms with E-state index < -0.39 is 23.0 Å². The monoisotopic (exact) mass is 514 g/mol. The van der Waals surface area contributed by atoms with Gasteiger partial charge in [0.05, 0.1) is 35.8 Å².